The van der Waals surface area contributed by atoms with Gasteiger partial charge in [0.15, 0.2) is 6.04 Å². The van der Waals surface area contributed by atoms with Gasteiger partial charge in [-0.1, -0.05) is 26.8 Å². The van der Waals surface area contributed by atoms with E-state index in [0.717, 1.165) is 0 Å². The molecule has 1 heterocycles. The quantitative estimate of drug-likeness (QED) is 0.873. The number of nitrogens with one attached hydrogen (secondary N) is 1. The SMILES string of the molecule is CC(C)(C)SCC(=O)NC(C(=O)O)c1cccs1. The molecule has 1 atom stereocenters. The minimum absolute atomic E-state index is 0.0149. The van der Waals surface area contributed by atoms with Crippen LogP contribution in [-0.4, -0.2) is 27.5 Å². The van der Waals surface area contributed by atoms with Crippen LogP contribution in [0.5, 0.6) is 0 Å². The van der Waals surface area contributed by atoms with Crippen LogP contribution in [0.3, 0.4) is 0 Å². The van der Waals surface area contributed by atoms with Crippen LogP contribution >= 0.6 is 23.1 Å². The molecule has 0 aliphatic rings. The van der Waals surface area contributed by atoms with Crippen LogP contribution in [0, 0.1) is 0 Å². The zero-order valence-corrected chi connectivity index (χ0v) is 12.2. The minimum Gasteiger partial charge on any atom is -0.479 e. The number of hydrogen-bond acceptors (Lipinski definition) is 4. The summed E-state index contributed by atoms with van der Waals surface area (Å²) in [5.74, 6) is -1.03. The molecule has 0 saturated heterocycles. The Morgan fingerprint density at radius 2 is 2.17 bits per heavy atom. The molecule has 1 aromatic rings. The van der Waals surface area contributed by atoms with E-state index < -0.39 is 12.0 Å². The first-order valence-electron chi connectivity index (χ1n) is 5.49. The van der Waals surface area contributed by atoms with Gasteiger partial charge in [-0.3, -0.25) is 4.79 Å². The summed E-state index contributed by atoms with van der Waals surface area (Å²) in [5.41, 5.74) is 0. The van der Waals surface area contributed by atoms with Crippen molar-refractivity contribution in [2.75, 3.05) is 5.75 Å². The van der Waals surface area contributed by atoms with E-state index in [9.17, 15) is 9.59 Å². The lowest BCUT2D eigenvalue weighted by molar-refractivity contribution is -0.141. The molecule has 0 aromatic carbocycles. The van der Waals surface area contributed by atoms with Gasteiger partial charge in [0.2, 0.25) is 5.91 Å². The summed E-state index contributed by atoms with van der Waals surface area (Å²) in [4.78, 5) is 23.5. The standard InChI is InChI=1S/C12H17NO3S2/c1-12(2,3)18-7-9(14)13-10(11(15)16)8-5-4-6-17-8/h4-6,10H,7H2,1-3H3,(H,13,14)(H,15,16). The molecule has 0 spiro atoms. The molecule has 1 aromatic heterocycles. The Morgan fingerprint density at radius 3 is 2.61 bits per heavy atom. The average Bonchev–Trinajstić information content (AvgIpc) is 2.74. The molecule has 1 amide bonds. The number of thiophene rings is 1. The summed E-state index contributed by atoms with van der Waals surface area (Å²) < 4.78 is -0.0149. The lowest BCUT2D eigenvalue weighted by Crippen LogP contribution is -2.35. The number of carbonyl (C=O) groups excluding carboxylic acids is 1. The van der Waals surface area contributed by atoms with Crippen molar-refractivity contribution in [2.45, 2.75) is 31.6 Å². The number of carboxylic acid groups (broad SMARTS) is 1. The highest BCUT2D eigenvalue weighted by molar-refractivity contribution is 8.01. The number of carboxylic acids is 1. The maximum Gasteiger partial charge on any atom is 0.331 e. The highest BCUT2D eigenvalue weighted by Crippen LogP contribution is 2.23. The fourth-order valence-electron chi connectivity index (χ4n) is 1.19. The number of amides is 1. The number of carbonyl (C=O) groups is 2. The Morgan fingerprint density at radius 1 is 1.50 bits per heavy atom. The Labute approximate surface area is 115 Å². The number of hydrogen-bond donors (Lipinski definition) is 2. The van der Waals surface area contributed by atoms with Gasteiger partial charge in [-0.05, 0) is 11.4 Å². The number of thioether (sulfide) groups is 1. The van der Waals surface area contributed by atoms with Crippen molar-refractivity contribution in [3.8, 4) is 0 Å². The second-order valence-corrected chi connectivity index (χ2v) is 7.54. The van der Waals surface area contributed by atoms with Gasteiger partial charge in [-0.25, -0.2) is 4.79 Å². The fourth-order valence-corrected chi connectivity index (χ4v) is 2.61. The Hall–Kier alpha value is -1.01. The zero-order valence-electron chi connectivity index (χ0n) is 10.6. The van der Waals surface area contributed by atoms with Crippen molar-refractivity contribution in [1.29, 1.82) is 0 Å². The van der Waals surface area contributed by atoms with Crippen LogP contribution < -0.4 is 5.32 Å². The molecular weight excluding hydrogens is 270 g/mol. The lowest BCUT2D eigenvalue weighted by Gasteiger charge is -2.18. The van der Waals surface area contributed by atoms with Gasteiger partial charge in [0.1, 0.15) is 0 Å². The van der Waals surface area contributed by atoms with E-state index in [1.807, 2.05) is 20.8 Å². The second-order valence-electron chi connectivity index (χ2n) is 4.76. The Bertz CT molecular complexity index is 409. The molecular formula is C12H17NO3S2. The molecule has 0 fully saturated rings. The highest BCUT2D eigenvalue weighted by atomic mass is 32.2. The van der Waals surface area contributed by atoms with Crippen LogP contribution in [0.25, 0.3) is 0 Å². The van der Waals surface area contributed by atoms with Crippen molar-refractivity contribution in [3.05, 3.63) is 22.4 Å². The Balaban J connectivity index is 2.58. The number of rotatable bonds is 5. The molecule has 4 nitrogen and oxygen atoms in total. The summed E-state index contributed by atoms with van der Waals surface area (Å²) in [6.07, 6.45) is 0. The van der Waals surface area contributed by atoms with Crippen LogP contribution in [0.1, 0.15) is 31.7 Å². The average molecular weight is 287 g/mol. The van der Waals surface area contributed by atoms with E-state index in [0.29, 0.717) is 4.88 Å². The molecule has 1 rings (SSSR count). The first-order chi connectivity index (χ1) is 8.29. The zero-order chi connectivity index (χ0) is 13.8. The molecule has 1 unspecified atom stereocenters. The normalized spacial score (nSPS) is 13.1. The van der Waals surface area contributed by atoms with Gasteiger partial charge < -0.3 is 10.4 Å². The number of aliphatic carboxylic acids is 1. The molecule has 0 saturated carbocycles. The first kappa shape index (κ1) is 15.0. The van der Waals surface area contributed by atoms with E-state index in [1.165, 1.54) is 23.1 Å². The smallest absolute Gasteiger partial charge is 0.331 e. The third-order valence-corrected chi connectivity index (χ3v) is 4.23. The summed E-state index contributed by atoms with van der Waals surface area (Å²) in [7, 11) is 0. The van der Waals surface area contributed by atoms with Crippen LogP contribution in [0.4, 0.5) is 0 Å². The van der Waals surface area contributed by atoms with E-state index in [1.54, 1.807) is 17.5 Å². The monoisotopic (exact) mass is 287 g/mol. The van der Waals surface area contributed by atoms with Crippen LogP contribution in [-0.2, 0) is 9.59 Å². The third-order valence-electron chi connectivity index (χ3n) is 2.02. The molecule has 0 aliphatic heterocycles. The van der Waals surface area contributed by atoms with Gasteiger partial charge in [0, 0.05) is 9.62 Å². The Kier molecular flexibility index (Phi) is 5.22. The maximum atomic E-state index is 11.7. The molecule has 2 N–H and O–H groups in total. The first-order valence-corrected chi connectivity index (χ1v) is 7.35. The van der Waals surface area contributed by atoms with Gasteiger partial charge in [0.05, 0.1) is 5.75 Å². The second kappa shape index (κ2) is 6.24. The van der Waals surface area contributed by atoms with Gasteiger partial charge >= 0.3 is 5.97 Å². The van der Waals surface area contributed by atoms with Crippen molar-refractivity contribution >= 4 is 35.0 Å². The molecule has 18 heavy (non-hydrogen) atoms. The summed E-state index contributed by atoms with van der Waals surface area (Å²) >= 11 is 2.81. The maximum absolute atomic E-state index is 11.7. The predicted molar refractivity (Wildman–Crippen MR) is 75.0 cm³/mol. The van der Waals surface area contributed by atoms with Gasteiger partial charge in [-0.15, -0.1) is 23.1 Å². The van der Waals surface area contributed by atoms with E-state index in [2.05, 4.69) is 5.32 Å². The minimum atomic E-state index is -1.04. The molecule has 0 bridgehead atoms. The van der Waals surface area contributed by atoms with Crippen molar-refractivity contribution < 1.29 is 14.7 Å². The van der Waals surface area contributed by atoms with Crippen LogP contribution in [0.2, 0.25) is 0 Å². The third kappa shape index (κ3) is 5.10. The van der Waals surface area contributed by atoms with E-state index >= 15 is 0 Å². The summed E-state index contributed by atoms with van der Waals surface area (Å²) in [5, 5.41) is 13.4. The largest absolute Gasteiger partial charge is 0.479 e. The lowest BCUT2D eigenvalue weighted by atomic mass is 10.2. The van der Waals surface area contributed by atoms with Crippen LogP contribution in [0.15, 0.2) is 17.5 Å². The molecule has 6 heteroatoms. The molecule has 0 radical (unpaired) electrons. The molecule has 0 aliphatic carbocycles. The fraction of sp³-hybridized carbons (Fsp3) is 0.500. The summed E-state index contributed by atoms with van der Waals surface area (Å²) in [6.45, 7) is 6.04. The summed E-state index contributed by atoms with van der Waals surface area (Å²) in [6, 6.07) is 2.53. The van der Waals surface area contributed by atoms with Crippen molar-refractivity contribution in [2.24, 2.45) is 0 Å². The van der Waals surface area contributed by atoms with Crippen molar-refractivity contribution in [3.63, 3.8) is 0 Å². The van der Waals surface area contributed by atoms with Crippen molar-refractivity contribution in [1.82, 2.24) is 5.32 Å². The topological polar surface area (TPSA) is 66.4 Å². The predicted octanol–water partition coefficient (Wildman–Crippen LogP) is 2.52. The van der Waals surface area contributed by atoms with Gasteiger partial charge in [-0.2, -0.15) is 0 Å². The van der Waals surface area contributed by atoms with E-state index in [-0.39, 0.29) is 16.4 Å². The highest BCUT2D eigenvalue weighted by Gasteiger charge is 2.23. The molecule has 100 valence electrons. The van der Waals surface area contributed by atoms with E-state index in [4.69, 9.17) is 5.11 Å². The van der Waals surface area contributed by atoms with Gasteiger partial charge in [0.25, 0.3) is 0 Å².